The molecule has 1 aromatic heterocycles. The maximum atomic E-state index is 11.9. The van der Waals surface area contributed by atoms with E-state index >= 15 is 0 Å². The summed E-state index contributed by atoms with van der Waals surface area (Å²) >= 11 is 1.23. The summed E-state index contributed by atoms with van der Waals surface area (Å²) < 4.78 is 0. The highest BCUT2D eigenvalue weighted by molar-refractivity contribution is 7.17. The van der Waals surface area contributed by atoms with Crippen molar-refractivity contribution in [2.24, 2.45) is 0 Å². The van der Waals surface area contributed by atoms with Gasteiger partial charge in [-0.25, -0.2) is 4.98 Å². The topological polar surface area (TPSA) is 71.2 Å². The van der Waals surface area contributed by atoms with E-state index in [1.54, 1.807) is 0 Å². The predicted octanol–water partition coefficient (Wildman–Crippen LogP) is 0.939. The standard InChI is InChI=1S/C11H18N4OS/c1-2-4-15-5-3-8(7-15)14-10(16)9-6-13-11(12)17-9/h6,8H,2-5,7H2,1H3,(H2,12,13)(H,14,16)/t8-/m0/s1. The quantitative estimate of drug-likeness (QED) is 0.839. The van der Waals surface area contributed by atoms with Crippen LogP contribution in [0.25, 0.3) is 0 Å². The Morgan fingerprint density at radius 3 is 3.24 bits per heavy atom. The number of aromatic nitrogens is 1. The molecule has 1 aromatic rings. The lowest BCUT2D eigenvalue weighted by Crippen LogP contribution is -2.36. The Balaban J connectivity index is 1.84. The number of carbonyl (C=O) groups is 1. The number of thiazole rings is 1. The third kappa shape index (κ3) is 3.17. The van der Waals surface area contributed by atoms with Gasteiger partial charge in [-0.05, 0) is 19.4 Å². The summed E-state index contributed by atoms with van der Waals surface area (Å²) in [4.78, 5) is 18.7. The van der Waals surface area contributed by atoms with Gasteiger partial charge in [-0.1, -0.05) is 18.3 Å². The molecule has 0 radical (unpaired) electrons. The number of rotatable bonds is 4. The predicted molar refractivity (Wildman–Crippen MR) is 69.1 cm³/mol. The molecule has 0 aromatic carbocycles. The van der Waals surface area contributed by atoms with Gasteiger partial charge in [0.1, 0.15) is 4.88 Å². The van der Waals surface area contributed by atoms with Gasteiger partial charge < -0.3 is 16.0 Å². The maximum absolute atomic E-state index is 11.9. The zero-order valence-corrected chi connectivity index (χ0v) is 10.8. The summed E-state index contributed by atoms with van der Waals surface area (Å²) in [6, 6.07) is 0.261. The number of amides is 1. The Morgan fingerprint density at radius 1 is 1.76 bits per heavy atom. The minimum Gasteiger partial charge on any atom is -0.375 e. The molecular formula is C11H18N4OS. The third-order valence-corrected chi connectivity index (χ3v) is 3.72. The van der Waals surface area contributed by atoms with E-state index in [-0.39, 0.29) is 11.9 Å². The van der Waals surface area contributed by atoms with Crippen molar-refractivity contribution in [1.29, 1.82) is 0 Å². The van der Waals surface area contributed by atoms with Gasteiger partial charge in [0.25, 0.3) is 5.91 Å². The average Bonchev–Trinajstić information content (AvgIpc) is 2.88. The first kappa shape index (κ1) is 12.3. The van der Waals surface area contributed by atoms with Gasteiger partial charge in [-0.2, -0.15) is 0 Å². The number of hydrogen-bond donors (Lipinski definition) is 2. The van der Waals surface area contributed by atoms with E-state index in [0.717, 1.165) is 32.5 Å². The van der Waals surface area contributed by atoms with Gasteiger partial charge in [0.2, 0.25) is 0 Å². The molecule has 5 nitrogen and oxygen atoms in total. The molecular weight excluding hydrogens is 236 g/mol. The van der Waals surface area contributed by atoms with Crippen molar-refractivity contribution in [2.45, 2.75) is 25.8 Å². The summed E-state index contributed by atoms with van der Waals surface area (Å²) in [6.07, 6.45) is 3.72. The SMILES string of the molecule is CCCN1CC[C@H](NC(=O)c2cnc(N)s2)C1. The van der Waals surface area contributed by atoms with Crippen LogP contribution in [0.5, 0.6) is 0 Å². The fourth-order valence-electron chi connectivity index (χ4n) is 2.12. The van der Waals surface area contributed by atoms with Crippen LogP contribution in [0.3, 0.4) is 0 Å². The molecule has 3 N–H and O–H groups in total. The van der Waals surface area contributed by atoms with Gasteiger partial charge in [-0.15, -0.1) is 0 Å². The number of anilines is 1. The van der Waals surface area contributed by atoms with E-state index in [2.05, 4.69) is 22.1 Å². The smallest absolute Gasteiger partial charge is 0.263 e. The van der Waals surface area contributed by atoms with E-state index in [0.29, 0.717) is 10.0 Å². The summed E-state index contributed by atoms with van der Waals surface area (Å²) in [6.45, 7) is 5.31. The molecule has 0 unspecified atom stereocenters. The van der Waals surface area contributed by atoms with Crippen LogP contribution in [0.1, 0.15) is 29.4 Å². The van der Waals surface area contributed by atoms with Crippen LogP contribution in [0.15, 0.2) is 6.20 Å². The summed E-state index contributed by atoms with van der Waals surface area (Å²) in [5.74, 6) is -0.0532. The van der Waals surface area contributed by atoms with Crippen molar-refractivity contribution in [1.82, 2.24) is 15.2 Å². The first-order chi connectivity index (χ1) is 8.19. The van der Waals surface area contributed by atoms with E-state index in [4.69, 9.17) is 5.73 Å². The molecule has 1 amide bonds. The Morgan fingerprint density at radius 2 is 2.59 bits per heavy atom. The molecule has 1 aliphatic heterocycles. The second-order valence-electron chi connectivity index (χ2n) is 4.32. The molecule has 2 heterocycles. The van der Waals surface area contributed by atoms with Crippen LogP contribution in [-0.2, 0) is 0 Å². The molecule has 6 heteroatoms. The highest BCUT2D eigenvalue weighted by Gasteiger charge is 2.23. The number of nitrogens with zero attached hydrogens (tertiary/aromatic N) is 2. The number of nitrogens with two attached hydrogens (primary N) is 1. The average molecular weight is 254 g/mol. The van der Waals surface area contributed by atoms with E-state index in [1.807, 2.05) is 0 Å². The Hall–Kier alpha value is -1.14. The van der Waals surface area contributed by atoms with Gasteiger partial charge in [0.05, 0.1) is 6.20 Å². The van der Waals surface area contributed by atoms with Crippen molar-refractivity contribution in [2.75, 3.05) is 25.4 Å². The van der Waals surface area contributed by atoms with Crippen molar-refractivity contribution in [3.05, 3.63) is 11.1 Å². The normalized spacial score (nSPS) is 20.6. The molecule has 1 aliphatic rings. The van der Waals surface area contributed by atoms with Gasteiger partial charge in [-0.3, -0.25) is 4.79 Å². The number of likely N-dealkylation sites (tertiary alicyclic amines) is 1. The maximum Gasteiger partial charge on any atom is 0.263 e. The molecule has 0 spiro atoms. The number of nitrogen functional groups attached to an aromatic ring is 1. The molecule has 0 saturated carbocycles. The Bertz CT molecular complexity index is 393. The lowest BCUT2D eigenvalue weighted by Gasteiger charge is -2.15. The molecule has 0 aliphatic carbocycles. The van der Waals surface area contributed by atoms with Gasteiger partial charge >= 0.3 is 0 Å². The molecule has 1 fully saturated rings. The van der Waals surface area contributed by atoms with Crippen molar-refractivity contribution < 1.29 is 4.79 Å². The minimum atomic E-state index is -0.0532. The first-order valence-electron chi connectivity index (χ1n) is 5.93. The number of hydrogen-bond acceptors (Lipinski definition) is 5. The second kappa shape index (κ2) is 5.46. The van der Waals surface area contributed by atoms with Crippen LogP contribution < -0.4 is 11.1 Å². The monoisotopic (exact) mass is 254 g/mol. The van der Waals surface area contributed by atoms with Crippen LogP contribution in [0.2, 0.25) is 0 Å². The van der Waals surface area contributed by atoms with E-state index in [9.17, 15) is 4.79 Å². The Labute approximate surface area is 105 Å². The van der Waals surface area contributed by atoms with Crippen molar-refractivity contribution in [3.8, 4) is 0 Å². The lowest BCUT2D eigenvalue weighted by molar-refractivity contribution is 0.0941. The number of carbonyl (C=O) groups excluding carboxylic acids is 1. The largest absolute Gasteiger partial charge is 0.375 e. The highest BCUT2D eigenvalue weighted by Crippen LogP contribution is 2.15. The molecule has 0 bridgehead atoms. The van der Waals surface area contributed by atoms with E-state index in [1.165, 1.54) is 17.5 Å². The zero-order chi connectivity index (χ0) is 12.3. The van der Waals surface area contributed by atoms with Crippen LogP contribution >= 0.6 is 11.3 Å². The summed E-state index contributed by atoms with van der Waals surface area (Å²) in [7, 11) is 0. The number of nitrogens with one attached hydrogen (secondary N) is 1. The fourth-order valence-corrected chi connectivity index (χ4v) is 2.71. The fraction of sp³-hybridized carbons (Fsp3) is 0.636. The summed E-state index contributed by atoms with van der Waals surface area (Å²) in [5, 5.41) is 3.47. The molecule has 2 rings (SSSR count). The molecule has 17 heavy (non-hydrogen) atoms. The van der Waals surface area contributed by atoms with Crippen molar-refractivity contribution in [3.63, 3.8) is 0 Å². The molecule has 1 atom stereocenters. The third-order valence-electron chi connectivity index (χ3n) is 2.89. The molecule has 1 saturated heterocycles. The van der Waals surface area contributed by atoms with Crippen LogP contribution in [0.4, 0.5) is 5.13 Å². The lowest BCUT2D eigenvalue weighted by atomic mass is 10.2. The first-order valence-corrected chi connectivity index (χ1v) is 6.75. The molecule has 94 valence electrons. The van der Waals surface area contributed by atoms with Gasteiger partial charge in [0.15, 0.2) is 5.13 Å². The Kier molecular flexibility index (Phi) is 3.96. The van der Waals surface area contributed by atoms with Crippen LogP contribution in [-0.4, -0.2) is 41.5 Å². The van der Waals surface area contributed by atoms with Crippen LogP contribution in [0, 0.1) is 0 Å². The van der Waals surface area contributed by atoms with Crippen molar-refractivity contribution >= 4 is 22.4 Å². The van der Waals surface area contributed by atoms with E-state index < -0.39 is 0 Å². The second-order valence-corrected chi connectivity index (χ2v) is 5.38. The summed E-state index contributed by atoms with van der Waals surface area (Å²) in [5.41, 5.74) is 5.51. The highest BCUT2D eigenvalue weighted by atomic mass is 32.1. The van der Waals surface area contributed by atoms with Gasteiger partial charge in [0, 0.05) is 19.1 Å². The minimum absolute atomic E-state index is 0.0532. The zero-order valence-electron chi connectivity index (χ0n) is 9.98.